The summed E-state index contributed by atoms with van der Waals surface area (Å²) in [7, 11) is 0. The number of nitrogens with zero attached hydrogens (tertiary/aromatic N) is 1. The van der Waals surface area contributed by atoms with Crippen molar-refractivity contribution < 1.29 is 9.90 Å². The van der Waals surface area contributed by atoms with E-state index in [1.165, 1.54) is 0 Å². The average molecular weight is 352 g/mol. The minimum Gasteiger partial charge on any atom is -0.389 e. The van der Waals surface area contributed by atoms with Crippen LogP contribution in [0.1, 0.15) is 50.6 Å². The summed E-state index contributed by atoms with van der Waals surface area (Å²) < 4.78 is 1.02. The number of carbonyl (C=O) groups excluding carboxylic acids is 1. The number of likely N-dealkylation sites (tertiary alicyclic amines) is 1. The fourth-order valence-corrected chi connectivity index (χ4v) is 4.55. The van der Waals surface area contributed by atoms with Crippen molar-refractivity contribution in [2.75, 3.05) is 6.54 Å². The summed E-state index contributed by atoms with van der Waals surface area (Å²) >= 11 is 3.52. The van der Waals surface area contributed by atoms with Crippen molar-refractivity contribution in [3.63, 3.8) is 0 Å². The Morgan fingerprint density at radius 1 is 1.38 bits per heavy atom. The van der Waals surface area contributed by atoms with E-state index in [-0.39, 0.29) is 17.9 Å². The third kappa shape index (κ3) is 2.76. The first-order chi connectivity index (χ1) is 10.0. The number of amides is 1. The topological polar surface area (TPSA) is 40.5 Å². The van der Waals surface area contributed by atoms with Crippen molar-refractivity contribution in [1.29, 1.82) is 0 Å². The van der Waals surface area contributed by atoms with E-state index in [0.717, 1.165) is 35.7 Å². The van der Waals surface area contributed by atoms with Gasteiger partial charge in [-0.2, -0.15) is 0 Å². The Balaban J connectivity index is 2.02. The fourth-order valence-electron chi connectivity index (χ4n) is 4.14. The number of halogens is 1. The van der Waals surface area contributed by atoms with Gasteiger partial charge in [-0.05, 0) is 37.0 Å². The van der Waals surface area contributed by atoms with Crippen molar-refractivity contribution in [3.8, 4) is 0 Å². The monoisotopic (exact) mass is 351 g/mol. The molecule has 0 aromatic heterocycles. The van der Waals surface area contributed by atoms with Crippen LogP contribution in [0.5, 0.6) is 0 Å². The third-order valence-corrected chi connectivity index (χ3v) is 5.66. The number of hydrogen-bond acceptors (Lipinski definition) is 2. The van der Waals surface area contributed by atoms with Gasteiger partial charge in [0.2, 0.25) is 5.91 Å². The van der Waals surface area contributed by atoms with Crippen LogP contribution in [0.15, 0.2) is 28.7 Å². The zero-order valence-electron chi connectivity index (χ0n) is 12.4. The molecule has 0 spiro atoms. The van der Waals surface area contributed by atoms with E-state index < -0.39 is 5.60 Å². The van der Waals surface area contributed by atoms with Gasteiger partial charge in [-0.3, -0.25) is 4.79 Å². The van der Waals surface area contributed by atoms with Gasteiger partial charge >= 0.3 is 0 Å². The summed E-state index contributed by atoms with van der Waals surface area (Å²) in [4.78, 5) is 14.0. The number of rotatable bonds is 1. The summed E-state index contributed by atoms with van der Waals surface area (Å²) in [5.41, 5.74) is 0.529. The molecule has 1 N–H and O–H groups in total. The zero-order valence-corrected chi connectivity index (χ0v) is 14.0. The largest absolute Gasteiger partial charge is 0.389 e. The van der Waals surface area contributed by atoms with Gasteiger partial charge in [-0.15, -0.1) is 0 Å². The molecule has 1 saturated carbocycles. The molecule has 3 rings (SSSR count). The van der Waals surface area contributed by atoms with Crippen LogP contribution in [-0.4, -0.2) is 28.1 Å². The molecule has 0 unspecified atom stereocenters. The van der Waals surface area contributed by atoms with Crippen molar-refractivity contribution in [3.05, 3.63) is 34.3 Å². The van der Waals surface area contributed by atoms with E-state index in [4.69, 9.17) is 0 Å². The SMILES string of the molecule is CC(=O)N1CC[C@@]2(O)CCCC[C@@H]2[C@@H]1c1cccc(Br)c1. The Labute approximate surface area is 134 Å². The molecular weight excluding hydrogens is 330 g/mol. The van der Waals surface area contributed by atoms with Gasteiger partial charge < -0.3 is 10.0 Å². The van der Waals surface area contributed by atoms with Crippen LogP contribution < -0.4 is 0 Å². The van der Waals surface area contributed by atoms with Gasteiger partial charge in [-0.1, -0.05) is 40.9 Å². The van der Waals surface area contributed by atoms with Crippen LogP contribution in [0.2, 0.25) is 0 Å². The van der Waals surface area contributed by atoms with Gasteiger partial charge in [0.25, 0.3) is 0 Å². The second-order valence-electron chi connectivity index (χ2n) is 6.42. The number of benzene rings is 1. The number of piperidine rings is 1. The summed E-state index contributed by atoms with van der Waals surface area (Å²) in [6, 6.07) is 8.16. The van der Waals surface area contributed by atoms with Crippen LogP contribution in [-0.2, 0) is 4.79 Å². The first-order valence-electron chi connectivity index (χ1n) is 7.76. The standard InChI is InChI=1S/C17H22BrNO2/c1-12(20)19-10-9-17(21)8-3-2-7-15(17)16(19)13-5-4-6-14(18)11-13/h4-6,11,15-16,21H,2-3,7-10H2,1H3/t15-,16+,17+/m1/s1. The van der Waals surface area contributed by atoms with E-state index in [9.17, 15) is 9.90 Å². The minimum absolute atomic E-state index is 0.000880. The van der Waals surface area contributed by atoms with Crippen LogP contribution in [0.25, 0.3) is 0 Å². The number of aliphatic hydroxyl groups is 1. The predicted molar refractivity (Wildman–Crippen MR) is 85.8 cm³/mol. The van der Waals surface area contributed by atoms with Gasteiger partial charge in [0.1, 0.15) is 0 Å². The lowest BCUT2D eigenvalue weighted by Crippen LogP contribution is -2.55. The van der Waals surface area contributed by atoms with Crippen molar-refractivity contribution >= 4 is 21.8 Å². The maximum atomic E-state index is 12.1. The lowest BCUT2D eigenvalue weighted by atomic mass is 9.66. The number of hydrogen-bond donors (Lipinski definition) is 1. The molecule has 1 amide bonds. The smallest absolute Gasteiger partial charge is 0.219 e. The Morgan fingerprint density at radius 2 is 2.19 bits per heavy atom. The average Bonchev–Trinajstić information content (AvgIpc) is 2.45. The Kier molecular flexibility index (Phi) is 4.10. The van der Waals surface area contributed by atoms with Crippen molar-refractivity contribution in [2.45, 2.75) is 50.7 Å². The molecule has 3 atom stereocenters. The predicted octanol–water partition coefficient (Wildman–Crippen LogP) is 3.66. The maximum Gasteiger partial charge on any atom is 0.219 e. The highest BCUT2D eigenvalue weighted by Crippen LogP contribution is 2.49. The molecule has 21 heavy (non-hydrogen) atoms. The number of fused-ring (bicyclic) bond motifs is 1. The van der Waals surface area contributed by atoms with E-state index in [1.54, 1.807) is 6.92 Å². The molecule has 2 aliphatic rings. The maximum absolute atomic E-state index is 12.1. The molecule has 1 aliphatic carbocycles. The van der Waals surface area contributed by atoms with E-state index in [2.05, 4.69) is 28.1 Å². The van der Waals surface area contributed by atoms with Crippen LogP contribution in [0.3, 0.4) is 0 Å². The zero-order chi connectivity index (χ0) is 15.0. The normalized spacial score (nSPS) is 32.6. The van der Waals surface area contributed by atoms with Crippen LogP contribution in [0.4, 0.5) is 0 Å². The van der Waals surface area contributed by atoms with Gasteiger partial charge in [0.15, 0.2) is 0 Å². The Hall–Kier alpha value is -0.870. The highest BCUT2D eigenvalue weighted by Gasteiger charge is 2.49. The first kappa shape index (κ1) is 15.0. The summed E-state index contributed by atoms with van der Waals surface area (Å²) in [5.74, 6) is 0.255. The second kappa shape index (κ2) is 5.73. The van der Waals surface area contributed by atoms with Crippen LogP contribution >= 0.6 is 15.9 Å². The molecule has 2 fully saturated rings. The molecule has 4 heteroatoms. The minimum atomic E-state index is -0.600. The van der Waals surface area contributed by atoms with Gasteiger partial charge in [-0.25, -0.2) is 0 Å². The summed E-state index contributed by atoms with van der Waals surface area (Å²) in [6.07, 6.45) is 4.81. The molecule has 0 bridgehead atoms. The lowest BCUT2D eigenvalue weighted by molar-refractivity contribution is -0.153. The Bertz CT molecular complexity index is 547. The molecule has 1 saturated heterocycles. The third-order valence-electron chi connectivity index (χ3n) is 5.16. The summed E-state index contributed by atoms with van der Waals surface area (Å²) in [6.45, 7) is 2.29. The fraction of sp³-hybridized carbons (Fsp3) is 0.588. The molecule has 1 aromatic carbocycles. The van der Waals surface area contributed by atoms with E-state index in [0.29, 0.717) is 13.0 Å². The lowest BCUT2D eigenvalue weighted by Gasteiger charge is -2.52. The molecule has 1 aliphatic heterocycles. The van der Waals surface area contributed by atoms with Crippen molar-refractivity contribution in [2.24, 2.45) is 5.92 Å². The molecule has 1 aromatic rings. The van der Waals surface area contributed by atoms with Crippen LogP contribution in [0, 0.1) is 5.92 Å². The van der Waals surface area contributed by atoms with Crippen molar-refractivity contribution in [1.82, 2.24) is 4.90 Å². The highest BCUT2D eigenvalue weighted by molar-refractivity contribution is 9.10. The Morgan fingerprint density at radius 3 is 2.90 bits per heavy atom. The van der Waals surface area contributed by atoms with Gasteiger partial charge in [0.05, 0.1) is 11.6 Å². The molecular formula is C17H22BrNO2. The molecule has 1 heterocycles. The van der Waals surface area contributed by atoms with E-state index in [1.807, 2.05) is 17.0 Å². The first-order valence-corrected chi connectivity index (χ1v) is 8.56. The molecule has 3 nitrogen and oxygen atoms in total. The van der Waals surface area contributed by atoms with E-state index >= 15 is 0 Å². The summed E-state index contributed by atoms with van der Waals surface area (Å²) in [5, 5.41) is 11.0. The second-order valence-corrected chi connectivity index (χ2v) is 7.33. The highest BCUT2D eigenvalue weighted by atomic mass is 79.9. The van der Waals surface area contributed by atoms with Gasteiger partial charge in [0, 0.05) is 23.9 Å². The quantitative estimate of drug-likeness (QED) is 0.838. The molecule has 114 valence electrons. The number of carbonyl (C=O) groups is 1. The molecule has 0 radical (unpaired) electrons.